The summed E-state index contributed by atoms with van der Waals surface area (Å²) in [6.07, 6.45) is 0.532. The van der Waals surface area contributed by atoms with Crippen LogP contribution in [0.3, 0.4) is 0 Å². The number of para-hydroxylation sites is 2. The average molecular weight is 836 g/mol. The molecule has 0 bridgehead atoms. The summed E-state index contributed by atoms with van der Waals surface area (Å²) in [7, 11) is 0. The Bertz CT molecular complexity index is 2580. The number of aromatic amines is 1. The molecule has 318 valence electrons. The molecule has 0 spiro atoms. The molecule has 1 unspecified atom stereocenters. The van der Waals surface area contributed by atoms with E-state index in [-0.39, 0.29) is 56.0 Å². The summed E-state index contributed by atoms with van der Waals surface area (Å²) in [6.45, 7) is 2.51. The number of alkyl carbamates (subject to hydrolysis) is 1. The fraction of sp³-hybridized carbons (Fsp3) is 0.306. The molecule has 4 atom stereocenters. The van der Waals surface area contributed by atoms with Gasteiger partial charge in [0.05, 0.1) is 42.8 Å². The molecule has 3 amide bonds. The van der Waals surface area contributed by atoms with Crippen LogP contribution in [0.5, 0.6) is 0 Å². The third-order valence-corrected chi connectivity index (χ3v) is 12.2. The number of benzene rings is 5. The average Bonchev–Trinajstić information content (AvgIpc) is 3.78. The fourth-order valence-corrected chi connectivity index (χ4v) is 8.85. The number of aromatic nitrogens is 2. The van der Waals surface area contributed by atoms with E-state index < -0.39 is 24.3 Å². The molecule has 9 rings (SSSR count). The number of carbonyl (C=O) groups is 3. The molecule has 0 saturated carbocycles. The lowest BCUT2D eigenvalue weighted by molar-refractivity contribution is -0.253. The number of imide groups is 1. The molecule has 5 aromatic carbocycles. The zero-order chi connectivity index (χ0) is 42.6. The van der Waals surface area contributed by atoms with Crippen molar-refractivity contribution in [1.29, 1.82) is 0 Å². The van der Waals surface area contributed by atoms with Crippen molar-refractivity contribution in [1.82, 2.24) is 24.7 Å². The third-order valence-electron chi connectivity index (χ3n) is 12.2. The number of rotatable bonds is 12. The van der Waals surface area contributed by atoms with Gasteiger partial charge in [-0.2, -0.15) is 0 Å². The first-order valence-corrected chi connectivity index (χ1v) is 21.2. The fourth-order valence-electron chi connectivity index (χ4n) is 8.85. The van der Waals surface area contributed by atoms with Gasteiger partial charge in [-0.25, -0.2) is 9.59 Å². The van der Waals surface area contributed by atoms with Crippen molar-refractivity contribution in [3.05, 3.63) is 166 Å². The first-order chi connectivity index (χ1) is 30.3. The number of aliphatic hydroxyl groups excluding tert-OH is 1. The van der Waals surface area contributed by atoms with Crippen LogP contribution in [0.1, 0.15) is 71.9 Å². The molecule has 3 saturated heterocycles. The van der Waals surface area contributed by atoms with Crippen LogP contribution < -0.4 is 11.0 Å². The first kappa shape index (κ1) is 41.0. The maximum absolute atomic E-state index is 13.2. The van der Waals surface area contributed by atoms with Gasteiger partial charge in [-0.1, -0.05) is 109 Å². The van der Waals surface area contributed by atoms with Crippen LogP contribution in [0, 0.1) is 0 Å². The Morgan fingerprint density at radius 2 is 1.50 bits per heavy atom. The van der Waals surface area contributed by atoms with Gasteiger partial charge in [0, 0.05) is 37.7 Å². The summed E-state index contributed by atoms with van der Waals surface area (Å²) < 4.78 is 20.5. The molecule has 4 heterocycles. The number of carbonyl (C=O) groups excluding carboxylic acids is 3. The Morgan fingerprint density at radius 1 is 0.774 bits per heavy atom. The standard InChI is InChI=1S/C49H49N5O8/c55-30-32-13-15-36(16-14-32)44-26-40(29-52-23-21-39(22-24-52)54-43-12-5-4-11-41(43)50-48(54)58)61-47(62-44)37-19-17-35(18-20-37)38-10-6-9-34(25-38)28-53-45(56)27-42(46(53)57)51-49(59)60-31-33-7-2-1-3-8-33/h1-20,25,39-40,42,44,47,55H,21-24,26-31H2,(H,50,58)(H,51,59)/t40-,42?,44+,47+/m1/s1. The van der Waals surface area contributed by atoms with Crippen LogP contribution >= 0.6 is 0 Å². The maximum Gasteiger partial charge on any atom is 0.408 e. The highest BCUT2D eigenvalue weighted by Crippen LogP contribution is 2.39. The van der Waals surface area contributed by atoms with E-state index in [2.05, 4.69) is 15.2 Å². The zero-order valence-corrected chi connectivity index (χ0v) is 34.2. The van der Waals surface area contributed by atoms with Gasteiger partial charge in [0.15, 0.2) is 6.29 Å². The topological polar surface area (TPSA) is 155 Å². The predicted molar refractivity (Wildman–Crippen MR) is 231 cm³/mol. The Kier molecular flexibility index (Phi) is 12.1. The van der Waals surface area contributed by atoms with Crippen molar-refractivity contribution in [3.63, 3.8) is 0 Å². The lowest BCUT2D eigenvalue weighted by Crippen LogP contribution is -2.43. The van der Waals surface area contributed by atoms with Gasteiger partial charge in [0.1, 0.15) is 12.6 Å². The zero-order valence-electron chi connectivity index (χ0n) is 34.2. The lowest BCUT2D eigenvalue weighted by Gasteiger charge is -2.40. The van der Waals surface area contributed by atoms with Gasteiger partial charge >= 0.3 is 11.8 Å². The number of likely N-dealkylation sites (tertiary alicyclic amines) is 2. The van der Waals surface area contributed by atoms with Gasteiger partial charge in [-0.3, -0.25) is 19.1 Å². The van der Waals surface area contributed by atoms with E-state index in [4.69, 9.17) is 14.2 Å². The molecule has 13 nitrogen and oxygen atoms in total. The highest BCUT2D eigenvalue weighted by Gasteiger charge is 2.40. The van der Waals surface area contributed by atoms with Crippen molar-refractivity contribution in [3.8, 4) is 11.1 Å². The molecule has 6 aromatic rings. The Balaban J connectivity index is 0.847. The summed E-state index contributed by atoms with van der Waals surface area (Å²) >= 11 is 0. The minimum absolute atomic E-state index is 0.0313. The summed E-state index contributed by atoms with van der Waals surface area (Å²) in [4.78, 5) is 58.2. The van der Waals surface area contributed by atoms with E-state index in [0.717, 1.165) is 82.5 Å². The van der Waals surface area contributed by atoms with Crippen LogP contribution in [0.2, 0.25) is 0 Å². The summed E-state index contributed by atoms with van der Waals surface area (Å²) in [6, 6.07) is 39.8. The smallest absolute Gasteiger partial charge is 0.408 e. The van der Waals surface area contributed by atoms with Gasteiger partial charge in [-0.05, 0) is 64.4 Å². The number of nitrogens with one attached hydrogen (secondary N) is 2. The third kappa shape index (κ3) is 9.12. The van der Waals surface area contributed by atoms with Crippen LogP contribution in [-0.4, -0.2) is 74.1 Å². The largest absolute Gasteiger partial charge is 0.445 e. The van der Waals surface area contributed by atoms with E-state index in [1.807, 2.05) is 132 Å². The monoisotopic (exact) mass is 835 g/mol. The van der Waals surface area contributed by atoms with E-state index in [1.54, 1.807) is 0 Å². The highest BCUT2D eigenvalue weighted by molar-refractivity contribution is 6.06. The molecule has 13 heteroatoms. The van der Waals surface area contributed by atoms with E-state index in [0.29, 0.717) is 6.42 Å². The van der Waals surface area contributed by atoms with Crippen molar-refractivity contribution < 1.29 is 33.7 Å². The van der Waals surface area contributed by atoms with Crippen molar-refractivity contribution in [2.24, 2.45) is 0 Å². The van der Waals surface area contributed by atoms with Crippen molar-refractivity contribution in [2.75, 3.05) is 19.6 Å². The van der Waals surface area contributed by atoms with E-state index in [9.17, 15) is 24.3 Å². The number of fused-ring (bicyclic) bond motifs is 1. The molecular formula is C49H49N5O8. The second-order valence-corrected chi connectivity index (χ2v) is 16.3. The van der Waals surface area contributed by atoms with E-state index in [1.165, 1.54) is 4.90 Å². The van der Waals surface area contributed by atoms with Gasteiger partial charge < -0.3 is 34.5 Å². The molecule has 3 aliphatic heterocycles. The molecular weight excluding hydrogens is 787 g/mol. The number of amides is 3. The minimum Gasteiger partial charge on any atom is -0.445 e. The van der Waals surface area contributed by atoms with Crippen LogP contribution in [0.4, 0.5) is 4.79 Å². The summed E-state index contributed by atoms with van der Waals surface area (Å²) in [5.41, 5.74) is 7.91. The summed E-state index contributed by atoms with van der Waals surface area (Å²) in [5.74, 6) is -0.833. The number of piperidine rings is 1. The molecule has 3 fully saturated rings. The van der Waals surface area contributed by atoms with Crippen molar-refractivity contribution >= 4 is 28.9 Å². The molecule has 0 radical (unpaired) electrons. The molecule has 0 aliphatic carbocycles. The van der Waals surface area contributed by atoms with Gasteiger partial charge in [0.2, 0.25) is 5.91 Å². The quantitative estimate of drug-likeness (QED) is 0.111. The predicted octanol–water partition coefficient (Wildman–Crippen LogP) is 6.93. The normalized spacial score (nSPS) is 21.1. The molecule has 3 N–H and O–H groups in total. The van der Waals surface area contributed by atoms with Gasteiger partial charge in [0.25, 0.3) is 5.91 Å². The second kappa shape index (κ2) is 18.3. The maximum atomic E-state index is 13.2. The van der Waals surface area contributed by atoms with Gasteiger partial charge in [-0.15, -0.1) is 0 Å². The number of imidazole rings is 1. The number of ether oxygens (including phenoxy) is 3. The SMILES string of the molecule is O=C(NC1CC(=O)N(Cc2cccc(-c3ccc([C@H]4O[C@@H](CN5CCC(n6c(=O)[nH]c7ccccc76)CC5)C[C@@H](c5ccc(CO)cc5)O4)cc3)c2)C1=O)OCc1ccccc1. The second-order valence-electron chi connectivity index (χ2n) is 16.3. The van der Waals surface area contributed by atoms with Crippen LogP contribution in [0.25, 0.3) is 22.2 Å². The molecule has 62 heavy (non-hydrogen) atoms. The minimum atomic E-state index is -0.986. The number of H-pyrrole nitrogens is 1. The highest BCUT2D eigenvalue weighted by atomic mass is 16.7. The number of hydrogen-bond donors (Lipinski definition) is 3. The summed E-state index contributed by atoms with van der Waals surface area (Å²) in [5, 5.41) is 12.2. The molecule has 1 aromatic heterocycles. The number of nitrogens with zero attached hydrogens (tertiary/aromatic N) is 3. The number of hydrogen-bond acceptors (Lipinski definition) is 9. The molecule has 3 aliphatic rings. The Hall–Kier alpha value is -6.38. The number of aliphatic hydroxyl groups is 1. The Morgan fingerprint density at radius 3 is 2.27 bits per heavy atom. The van der Waals surface area contributed by atoms with Crippen LogP contribution in [0.15, 0.2) is 132 Å². The van der Waals surface area contributed by atoms with E-state index >= 15 is 0 Å². The Labute approximate surface area is 358 Å². The van der Waals surface area contributed by atoms with Crippen molar-refractivity contribution in [2.45, 2.75) is 76.0 Å². The lowest BCUT2D eigenvalue weighted by atomic mass is 9.98. The first-order valence-electron chi connectivity index (χ1n) is 21.2. The van der Waals surface area contributed by atoms with Crippen LogP contribution in [-0.2, 0) is 43.6 Å².